The maximum Gasteiger partial charge on any atom is 0.342 e. The number of amides is 1. The van der Waals surface area contributed by atoms with Crippen molar-refractivity contribution in [2.45, 2.75) is 13.0 Å². The molecule has 1 aliphatic heterocycles. The summed E-state index contributed by atoms with van der Waals surface area (Å²) in [5.41, 5.74) is -0.569. The first-order valence-electron chi connectivity index (χ1n) is 6.53. The number of hydrogen-bond donors (Lipinski definition) is 1. The lowest BCUT2D eigenvalue weighted by atomic mass is 10.2. The van der Waals surface area contributed by atoms with Gasteiger partial charge in [0.2, 0.25) is 0 Å². The molecule has 1 fully saturated rings. The Kier molecular flexibility index (Phi) is 4.74. The summed E-state index contributed by atoms with van der Waals surface area (Å²) >= 11 is 0. The summed E-state index contributed by atoms with van der Waals surface area (Å²) in [6.45, 7) is 2.89. The van der Waals surface area contributed by atoms with E-state index in [1.165, 1.54) is 12.1 Å². The monoisotopic (exact) mass is 297 g/mol. The molecule has 1 amide bonds. The number of carboxylic acid groups (broad SMARTS) is 1. The molecule has 0 radical (unpaired) electrons. The van der Waals surface area contributed by atoms with Gasteiger partial charge in [0.05, 0.1) is 12.7 Å². The molecule has 0 aromatic heterocycles. The second-order valence-electron chi connectivity index (χ2n) is 4.73. The van der Waals surface area contributed by atoms with Gasteiger partial charge in [0, 0.05) is 13.1 Å². The fourth-order valence-electron chi connectivity index (χ4n) is 2.11. The van der Waals surface area contributed by atoms with E-state index < -0.39 is 17.3 Å². The summed E-state index contributed by atoms with van der Waals surface area (Å²) < 4.78 is 24.0. The predicted octanol–water partition coefficient (Wildman–Crippen LogP) is 1.15. The number of rotatable bonds is 4. The first-order valence-corrected chi connectivity index (χ1v) is 6.53. The molecule has 0 spiro atoms. The average Bonchev–Trinajstić information content (AvgIpc) is 2.44. The fraction of sp³-hybridized carbons (Fsp3) is 0.429. The van der Waals surface area contributed by atoms with Crippen LogP contribution in [-0.2, 0) is 9.53 Å². The van der Waals surface area contributed by atoms with Crippen molar-refractivity contribution in [1.82, 2.24) is 4.90 Å². The first kappa shape index (κ1) is 15.2. The summed E-state index contributed by atoms with van der Waals surface area (Å²) in [5.74, 6) is -2.77. The number of aromatic carboxylic acids is 1. The molecule has 0 bridgehead atoms. The van der Waals surface area contributed by atoms with E-state index in [1.807, 2.05) is 6.92 Å². The van der Waals surface area contributed by atoms with E-state index in [1.54, 1.807) is 4.90 Å². The van der Waals surface area contributed by atoms with Gasteiger partial charge in [0.25, 0.3) is 5.91 Å². The van der Waals surface area contributed by atoms with Crippen molar-refractivity contribution in [2.75, 3.05) is 26.3 Å². The molecule has 1 N–H and O–H groups in total. The topological polar surface area (TPSA) is 76.1 Å². The van der Waals surface area contributed by atoms with Crippen LogP contribution in [0.3, 0.4) is 0 Å². The minimum atomic E-state index is -1.43. The Labute approximate surface area is 121 Å². The SMILES string of the molecule is CC1CN(C(=O)COc2cccc(F)c2C(=O)O)CCO1. The molecule has 1 saturated heterocycles. The highest BCUT2D eigenvalue weighted by Crippen LogP contribution is 2.21. The molecule has 6 nitrogen and oxygen atoms in total. The Morgan fingerprint density at radius 3 is 2.95 bits per heavy atom. The number of morpholine rings is 1. The van der Waals surface area contributed by atoms with E-state index in [-0.39, 0.29) is 24.4 Å². The highest BCUT2D eigenvalue weighted by molar-refractivity contribution is 5.91. The Balaban J connectivity index is 2.01. The van der Waals surface area contributed by atoms with E-state index >= 15 is 0 Å². The van der Waals surface area contributed by atoms with Crippen molar-refractivity contribution in [3.8, 4) is 5.75 Å². The van der Waals surface area contributed by atoms with E-state index in [9.17, 15) is 14.0 Å². The largest absolute Gasteiger partial charge is 0.483 e. The van der Waals surface area contributed by atoms with Crippen LogP contribution in [0.2, 0.25) is 0 Å². The molecule has 21 heavy (non-hydrogen) atoms. The van der Waals surface area contributed by atoms with Gasteiger partial charge in [0.1, 0.15) is 17.1 Å². The van der Waals surface area contributed by atoms with E-state index in [0.29, 0.717) is 19.7 Å². The Bertz CT molecular complexity index is 548. The van der Waals surface area contributed by atoms with Gasteiger partial charge in [-0.2, -0.15) is 0 Å². The zero-order chi connectivity index (χ0) is 15.4. The van der Waals surface area contributed by atoms with Gasteiger partial charge in [-0.25, -0.2) is 9.18 Å². The Hall–Kier alpha value is -2.15. The maximum absolute atomic E-state index is 13.5. The van der Waals surface area contributed by atoms with Gasteiger partial charge >= 0.3 is 5.97 Å². The van der Waals surface area contributed by atoms with Crippen LogP contribution in [-0.4, -0.2) is 54.3 Å². The second-order valence-corrected chi connectivity index (χ2v) is 4.73. The summed E-state index contributed by atoms with van der Waals surface area (Å²) in [7, 11) is 0. The third kappa shape index (κ3) is 3.69. The normalized spacial score (nSPS) is 18.4. The summed E-state index contributed by atoms with van der Waals surface area (Å²) in [6, 6.07) is 3.68. The standard InChI is InChI=1S/C14H16FNO5/c1-9-7-16(5-6-20-9)12(17)8-21-11-4-2-3-10(15)13(11)14(18)19/h2-4,9H,5-8H2,1H3,(H,18,19). The number of ether oxygens (including phenoxy) is 2. The number of carbonyl (C=O) groups excluding carboxylic acids is 1. The maximum atomic E-state index is 13.5. The lowest BCUT2D eigenvalue weighted by Gasteiger charge is -2.31. The zero-order valence-electron chi connectivity index (χ0n) is 11.5. The average molecular weight is 297 g/mol. The molecule has 1 aliphatic rings. The van der Waals surface area contributed by atoms with E-state index in [2.05, 4.69) is 0 Å². The molecule has 1 aromatic carbocycles. The van der Waals surface area contributed by atoms with Crippen LogP contribution in [0.1, 0.15) is 17.3 Å². The van der Waals surface area contributed by atoms with Gasteiger partial charge in [-0.3, -0.25) is 4.79 Å². The van der Waals surface area contributed by atoms with Crippen LogP contribution in [0.5, 0.6) is 5.75 Å². The minimum Gasteiger partial charge on any atom is -0.483 e. The van der Waals surface area contributed by atoms with E-state index in [4.69, 9.17) is 14.6 Å². The van der Waals surface area contributed by atoms with Crippen molar-refractivity contribution in [1.29, 1.82) is 0 Å². The van der Waals surface area contributed by atoms with Crippen molar-refractivity contribution in [3.63, 3.8) is 0 Å². The van der Waals surface area contributed by atoms with Crippen molar-refractivity contribution in [2.24, 2.45) is 0 Å². The zero-order valence-corrected chi connectivity index (χ0v) is 11.5. The number of carboxylic acids is 1. The number of benzene rings is 1. The van der Waals surface area contributed by atoms with Crippen LogP contribution in [0.15, 0.2) is 18.2 Å². The lowest BCUT2D eigenvalue weighted by Crippen LogP contribution is -2.46. The smallest absolute Gasteiger partial charge is 0.342 e. The molecule has 1 aromatic rings. The van der Waals surface area contributed by atoms with Crippen molar-refractivity contribution in [3.05, 3.63) is 29.6 Å². The molecule has 0 saturated carbocycles. The van der Waals surface area contributed by atoms with Crippen LogP contribution >= 0.6 is 0 Å². The van der Waals surface area contributed by atoms with Crippen LogP contribution < -0.4 is 4.74 Å². The summed E-state index contributed by atoms with van der Waals surface area (Å²) in [4.78, 5) is 24.6. The lowest BCUT2D eigenvalue weighted by molar-refractivity contribution is -0.140. The highest BCUT2D eigenvalue weighted by atomic mass is 19.1. The molecule has 1 unspecified atom stereocenters. The van der Waals surface area contributed by atoms with Gasteiger partial charge in [-0.15, -0.1) is 0 Å². The summed E-state index contributed by atoms with van der Waals surface area (Å²) in [5, 5.41) is 8.96. The minimum absolute atomic E-state index is 0.0496. The number of halogens is 1. The van der Waals surface area contributed by atoms with Crippen molar-refractivity contribution < 1.29 is 28.6 Å². The van der Waals surface area contributed by atoms with Crippen LogP contribution in [0.4, 0.5) is 4.39 Å². The second kappa shape index (κ2) is 6.53. The Morgan fingerprint density at radius 2 is 2.29 bits per heavy atom. The van der Waals surface area contributed by atoms with Gasteiger partial charge < -0.3 is 19.5 Å². The van der Waals surface area contributed by atoms with Gasteiger partial charge in [-0.05, 0) is 19.1 Å². The van der Waals surface area contributed by atoms with Crippen molar-refractivity contribution >= 4 is 11.9 Å². The molecular formula is C14H16FNO5. The van der Waals surface area contributed by atoms with E-state index in [0.717, 1.165) is 6.07 Å². The fourth-order valence-corrected chi connectivity index (χ4v) is 2.11. The highest BCUT2D eigenvalue weighted by Gasteiger charge is 2.23. The molecule has 0 aliphatic carbocycles. The molecule has 1 heterocycles. The number of nitrogens with zero attached hydrogens (tertiary/aromatic N) is 1. The van der Waals surface area contributed by atoms with Gasteiger partial charge in [0.15, 0.2) is 6.61 Å². The van der Waals surface area contributed by atoms with Gasteiger partial charge in [-0.1, -0.05) is 6.07 Å². The molecule has 2 rings (SSSR count). The number of hydrogen-bond acceptors (Lipinski definition) is 4. The predicted molar refractivity (Wildman–Crippen MR) is 70.8 cm³/mol. The summed E-state index contributed by atoms with van der Waals surface area (Å²) in [6.07, 6.45) is -0.0496. The molecule has 7 heteroatoms. The third-order valence-corrected chi connectivity index (χ3v) is 3.13. The van der Waals surface area contributed by atoms with Crippen LogP contribution in [0, 0.1) is 5.82 Å². The quantitative estimate of drug-likeness (QED) is 0.902. The molecule has 1 atom stereocenters. The Morgan fingerprint density at radius 1 is 1.52 bits per heavy atom. The first-order chi connectivity index (χ1) is 9.99. The molecular weight excluding hydrogens is 281 g/mol. The third-order valence-electron chi connectivity index (χ3n) is 3.13. The van der Waals surface area contributed by atoms with Crippen LogP contribution in [0.25, 0.3) is 0 Å². The molecule has 114 valence electrons. The number of carbonyl (C=O) groups is 2.